The molecule has 0 aromatic carbocycles. The first-order chi connectivity index (χ1) is 6.24. The fourth-order valence-corrected chi connectivity index (χ4v) is 1.79. The lowest BCUT2D eigenvalue weighted by Crippen LogP contribution is -2.42. The molecule has 0 aliphatic heterocycles. The minimum absolute atomic E-state index is 0.00881. The first kappa shape index (κ1) is 14.1. The molecule has 0 radical (unpaired) electrons. The lowest BCUT2D eigenvalue weighted by molar-refractivity contribution is 0.100. The molecule has 0 amide bonds. The Morgan fingerprint density at radius 3 is 1.86 bits per heavy atom. The van der Waals surface area contributed by atoms with Crippen molar-refractivity contribution >= 4 is 8.32 Å². The van der Waals surface area contributed by atoms with Crippen LogP contribution < -0.4 is 0 Å². The maximum atomic E-state index is 8.90. The average Bonchev–Trinajstić information content (AvgIpc) is 2.04. The summed E-state index contributed by atoms with van der Waals surface area (Å²) < 4.78 is 5.86. The van der Waals surface area contributed by atoms with Crippen molar-refractivity contribution in [2.75, 3.05) is 19.8 Å². The maximum Gasteiger partial charge on any atom is 0.191 e. The Kier molecular flexibility index (Phi) is 5.29. The Hall–Kier alpha value is 0.0969. The van der Waals surface area contributed by atoms with Crippen LogP contribution in [0.3, 0.4) is 0 Å². The van der Waals surface area contributed by atoms with Gasteiger partial charge in [-0.15, -0.1) is 0 Å². The van der Waals surface area contributed by atoms with Crippen LogP contribution in [-0.4, -0.2) is 38.4 Å². The Bertz CT molecular complexity index is 159. The van der Waals surface area contributed by atoms with Gasteiger partial charge in [-0.05, 0) is 18.1 Å². The third-order valence-corrected chi connectivity index (χ3v) is 7.50. The molecule has 4 heteroatoms. The number of hydrogen-bond donors (Lipinski definition) is 2. The van der Waals surface area contributed by atoms with E-state index in [1.54, 1.807) is 0 Å². The number of rotatable bonds is 5. The number of aliphatic hydroxyl groups is 2. The third-order valence-electron chi connectivity index (χ3n) is 3.00. The van der Waals surface area contributed by atoms with E-state index in [-0.39, 0.29) is 24.2 Å². The van der Waals surface area contributed by atoms with Gasteiger partial charge in [0.1, 0.15) is 0 Å². The van der Waals surface area contributed by atoms with Crippen molar-refractivity contribution < 1.29 is 14.6 Å². The van der Waals surface area contributed by atoms with Gasteiger partial charge < -0.3 is 14.6 Å². The molecule has 0 aliphatic carbocycles. The monoisotopic (exact) mass is 220 g/mol. The Morgan fingerprint density at radius 2 is 1.57 bits per heavy atom. The summed E-state index contributed by atoms with van der Waals surface area (Å²) in [5.41, 5.74) is 0. The van der Waals surface area contributed by atoms with E-state index in [9.17, 15) is 0 Å². The van der Waals surface area contributed by atoms with Gasteiger partial charge in [0.2, 0.25) is 0 Å². The SMILES string of the molecule is CC(C)(C)[Si](C)(C)OCC(CO)CO. The summed E-state index contributed by atoms with van der Waals surface area (Å²) in [5, 5.41) is 18.0. The molecule has 0 aromatic heterocycles. The molecular formula is C10H24O3Si. The summed E-state index contributed by atoms with van der Waals surface area (Å²) in [7, 11) is -1.72. The van der Waals surface area contributed by atoms with Crippen LogP contribution in [0.2, 0.25) is 18.1 Å². The van der Waals surface area contributed by atoms with Crippen LogP contribution in [0.4, 0.5) is 0 Å². The van der Waals surface area contributed by atoms with Crippen molar-refractivity contribution in [1.82, 2.24) is 0 Å². The van der Waals surface area contributed by atoms with E-state index >= 15 is 0 Å². The van der Waals surface area contributed by atoms with Gasteiger partial charge in [0.15, 0.2) is 8.32 Å². The molecule has 0 fully saturated rings. The molecule has 0 unspecified atom stereocenters. The standard InChI is InChI=1S/C10H24O3Si/c1-10(2,3)14(4,5)13-8-9(6-11)7-12/h9,11-12H,6-8H2,1-5H3. The molecule has 0 aliphatic rings. The summed E-state index contributed by atoms with van der Waals surface area (Å²) in [6, 6.07) is 0. The minimum atomic E-state index is -1.72. The fourth-order valence-electron chi connectivity index (χ4n) is 0.706. The average molecular weight is 220 g/mol. The van der Waals surface area contributed by atoms with Crippen LogP contribution in [0.5, 0.6) is 0 Å². The summed E-state index contributed by atoms with van der Waals surface area (Å²) in [6.45, 7) is 11.3. The zero-order chi connectivity index (χ0) is 11.4. The van der Waals surface area contributed by atoms with Gasteiger partial charge in [-0.2, -0.15) is 0 Å². The van der Waals surface area contributed by atoms with Gasteiger partial charge in [-0.25, -0.2) is 0 Å². The van der Waals surface area contributed by atoms with Gasteiger partial charge in [-0.1, -0.05) is 20.8 Å². The van der Waals surface area contributed by atoms with E-state index in [4.69, 9.17) is 14.6 Å². The van der Waals surface area contributed by atoms with Crippen LogP contribution in [0.25, 0.3) is 0 Å². The normalized spacial score (nSPS) is 13.7. The fraction of sp³-hybridized carbons (Fsp3) is 1.00. The summed E-state index contributed by atoms with van der Waals surface area (Å²) in [4.78, 5) is 0. The van der Waals surface area contributed by atoms with E-state index < -0.39 is 8.32 Å². The van der Waals surface area contributed by atoms with E-state index in [0.717, 1.165) is 0 Å². The minimum Gasteiger partial charge on any atom is -0.416 e. The summed E-state index contributed by atoms with van der Waals surface area (Å²) in [5.74, 6) is -0.135. The van der Waals surface area contributed by atoms with Crippen LogP contribution >= 0.6 is 0 Å². The molecule has 0 bridgehead atoms. The zero-order valence-corrected chi connectivity index (χ0v) is 11.0. The summed E-state index contributed by atoms with van der Waals surface area (Å²) >= 11 is 0. The van der Waals surface area contributed by atoms with Crippen LogP contribution in [0, 0.1) is 5.92 Å². The maximum absolute atomic E-state index is 8.90. The van der Waals surface area contributed by atoms with Gasteiger partial charge in [0.25, 0.3) is 0 Å². The van der Waals surface area contributed by atoms with Crippen molar-refractivity contribution in [3.05, 3.63) is 0 Å². The highest BCUT2D eigenvalue weighted by atomic mass is 28.4. The second-order valence-corrected chi connectivity index (χ2v) is 10.1. The molecule has 0 rings (SSSR count). The first-order valence-electron chi connectivity index (χ1n) is 5.10. The predicted octanol–water partition coefficient (Wildman–Crippen LogP) is 1.61. The Labute approximate surface area is 88.2 Å². The molecule has 86 valence electrons. The molecule has 0 aromatic rings. The number of hydrogen-bond acceptors (Lipinski definition) is 3. The molecular weight excluding hydrogens is 196 g/mol. The van der Waals surface area contributed by atoms with Crippen LogP contribution in [0.1, 0.15) is 20.8 Å². The van der Waals surface area contributed by atoms with Gasteiger partial charge in [0.05, 0.1) is 13.2 Å². The summed E-state index contributed by atoms with van der Waals surface area (Å²) in [6.07, 6.45) is 0. The van der Waals surface area contributed by atoms with Crippen molar-refractivity contribution in [3.63, 3.8) is 0 Å². The molecule has 14 heavy (non-hydrogen) atoms. The van der Waals surface area contributed by atoms with Crippen molar-refractivity contribution in [2.24, 2.45) is 5.92 Å². The molecule has 0 saturated heterocycles. The Balaban J connectivity index is 4.11. The van der Waals surface area contributed by atoms with Crippen LogP contribution in [0.15, 0.2) is 0 Å². The second-order valence-electron chi connectivity index (χ2n) is 5.30. The van der Waals surface area contributed by atoms with E-state index in [0.29, 0.717) is 6.61 Å². The highest BCUT2D eigenvalue weighted by Crippen LogP contribution is 2.36. The lowest BCUT2D eigenvalue weighted by atomic mass is 10.2. The number of aliphatic hydroxyl groups excluding tert-OH is 2. The third kappa shape index (κ3) is 4.08. The van der Waals surface area contributed by atoms with Crippen molar-refractivity contribution in [1.29, 1.82) is 0 Å². The quantitative estimate of drug-likeness (QED) is 0.692. The smallest absolute Gasteiger partial charge is 0.191 e. The topological polar surface area (TPSA) is 49.7 Å². The lowest BCUT2D eigenvalue weighted by Gasteiger charge is -2.37. The van der Waals surface area contributed by atoms with E-state index in [1.165, 1.54) is 0 Å². The molecule has 0 heterocycles. The van der Waals surface area contributed by atoms with Crippen molar-refractivity contribution in [3.8, 4) is 0 Å². The second kappa shape index (κ2) is 5.26. The molecule has 0 saturated carbocycles. The zero-order valence-electron chi connectivity index (χ0n) is 10.0. The molecule has 0 atom stereocenters. The van der Waals surface area contributed by atoms with E-state index in [1.807, 2.05) is 0 Å². The molecule has 0 spiro atoms. The van der Waals surface area contributed by atoms with Crippen molar-refractivity contribution in [2.45, 2.75) is 38.9 Å². The van der Waals surface area contributed by atoms with Gasteiger partial charge in [0, 0.05) is 12.5 Å². The largest absolute Gasteiger partial charge is 0.416 e. The first-order valence-corrected chi connectivity index (χ1v) is 8.01. The van der Waals surface area contributed by atoms with Crippen LogP contribution in [-0.2, 0) is 4.43 Å². The predicted molar refractivity (Wildman–Crippen MR) is 60.8 cm³/mol. The molecule has 3 nitrogen and oxygen atoms in total. The highest BCUT2D eigenvalue weighted by Gasteiger charge is 2.37. The van der Waals surface area contributed by atoms with Gasteiger partial charge >= 0.3 is 0 Å². The highest BCUT2D eigenvalue weighted by molar-refractivity contribution is 6.74. The van der Waals surface area contributed by atoms with E-state index in [2.05, 4.69) is 33.9 Å². The Morgan fingerprint density at radius 1 is 1.14 bits per heavy atom. The molecule has 2 N–H and O–H groups in total. The van der Waals surface area contributed by atoms with Gasteiger partial charge in [-0.3, -0.25) is 0 Å².